The summed E-state index contributed by atoms with van der Waals surface area (Å²) in [6.07, 6.45) is 4.78. The molecule has 5 nitrogen and oxygen atoms in total. The van der Waals surface area contributed by atoms with Gasteiger partial charge in [0.2, 0.25) is 0 Å². The molecule has 1 aliphatic carbocycles. The number of anilines is 1. The number of rotatable bonds is 3. The molecule has 1 aliphatic rings. The molecule has 1 saturated carbocycles. The normalized spacial score (nSPS) is 22.2. The van der Waals surface area contributed by atoms with Crippen molar-refractivity contribution >= 4 is 11.9 Å². The number of nitrogens with one attached hydrogen (secondary N) is 1. The number of pyridine rings is 1. The SMILES string of the molecule is Cc1ccc(NC2CCC(N(C(=O)O)C(C)(C)C)CC2)nc1. The van der Waals surface area contributed by atoms with Crippen LogP contribution in [0.5, 0.6) is 0 Å². The molecule has 1 aromatic rings. The first kappa shape index (κ1) is 16.6. The molecule has 22 heavy (non-hydrogen) atoms. The number of aryl methyl sites for hydroxylation is 1. The average molecular weight is 305 g/mol. The van der Waals surface area contributed by atoms with Crippen LogP contribution in [0.15, 0.2) is 18.3 Å². The fourth-order valence-corrected chi connectivity index (χ4v) is 3.23. The van der Waals surface area contributed by atoms with Gasteiger partial charge in [0.1, 0.15) is 5.82 Å². The highest BCUT2D eigenvalue weighted by molar-refractivity contribution is 5.66. The van der Waals surface area contributed by atoms with Crippen molar-refractivity contribution < 1.29 is 9.90 Å². The van der Waals surface area contributed by atoms with Crippen molar-refractivity contribution in [3.63, 3.8) is 0 Å². The van der Waals surface area contributed by atoms with Crippen LogP contribution in [0.1, 0.15) is 52.0 Å². The monoisotopic (exact) mass is 305 g/mol. The zero-order valence-corrected chi connectivity index (χ0v) is 14.0. The van der Waals surface area contributed by atoms with Crippen LogP contribution >= 0.6 is 0 Å². The highest BCUT2D eigenvalue weighted by Crippen LogP contribution is 2.29. The molecule has 0 saturated heterocycles. The summed E-state index contributed by atoms with van der Waals surface area (Å²) in [5, 5.41) is 12.9. The van der Waals surface area contributed by atoms with Gasteiger partial charge in [0.05, 0.1) is 0 Å². The summed E-state index contributed by atoms with van der Waals surface area (Å²) >= 11 is 0. The van der Waals surface area contributed by atoms with E-state index in [9.17, 15) is 9.90 Å². The Morgan fingerprint density at radius 1 is 1.27 bits per heavy atom. The smallest absolute Gasteiger partial charge is 0.407 e. The molecular formula is C17H27N3O2. The highest BCUT2D eigenvalue weighted by atomic mass is 16.4. The molecule has 2 N–H and O–H groups in total. The van der Waals surface area contributed by atoms with Gasteiger partial charge in [-0.2, -0.15) is 0 Å². The Hall–Kier alpha value is -1.78. The number of nitrogens with zero attached hydrogens (tertiary/aromatic N) is 2. The van der Waals surface area contributed by atoms with Gasteiger partial charge in [0.15, 0.2) is 0 Å². The van der Waals surface area contributed by atoms with Crippen LogP contribution in [0.3, 0.4) is 0 Å². The molecule has 1 aromatic heterocycles. The maximum absolute atomic E-state index is 11.6. The Morgan fingerprint density at radius 3 is 2.36 bits per heavy atom. The summed E-state index contributed by atoms with van der Waals surface area (Å²) in [5.74, 6) is 0.903. The molecule has 2 rings (SSSR count). The van der Waals surface area contributed by atoms with E-state index in [-0.39, 0.29) is 11.6 Å². The minimum atomic E-state index is -0.816. The van der Waals surface area contributed by atoms with E-state index in [0.29, 0.717) is 6.04 Å². The first-order valence-electron chi connectivity index (χ1n) is 7.99. The predicted molar refractivity (Wildman–Crippen MR) is 88.3 cm³/mol. The lowest BCUT2D eigenvalue weighted by atomic mass is 9.88. The van der Waals surface area contributed by atoms with E-state index in [2.05, 4.69) is 10.3 Å². The first-order valence-corrected chi connectivity index (χ1v) is 7.99. The Kier molecular flexibility index (Phi) is 4.94. The van der Waals surface area contributed by atoms with E-state index in [0.717, 1.165) is 37.1 Å². The van der Waals surface area contributed by atoms with Gasteiger partial charge in [0, 0.05) is 23.8 Å². The van der Waals surface area contributed by atoms with E-state index in [1.54, 1.807) is 4.90 Å². The van der Waals surface area contributed by atoms with Crippen LogP contribution in [0, 0.1) is 6.92 Å². The van der Waals surface area contributed by atoms with Crippen molar-refractivity contribution in [3.05, 3.63) is 23.9 Å². The maximum Gasteiger partial charge on any atom is 0.407 e. The van der Waals surface area contributed by atoms with Crippen LogP contribution in [-0.4, -0.2) is 38.7 Å². The zero-order valence-electron chi connectivity index (χ0n) is 14.0. The van der Waals surface area contributed by atoms with Crippen molar-refractivity contribution in [2.45, 2.75) is 71.0 Å². The molecule has 0 unspecified atom stereocenters. The minimum absolute atomic E-state index is 0.113. The van der Waals surface area contributed by atoms with Crippen molar-refractivity contribution in [3.8, 4) is 0 Å². The largest absolute Gasteiger partial charge is 0.465 e. The van der Waals surface area contributed by atoms with Gasteiger partial charge in [-0.05, 0) is 65.0 Å². The zero-order chi connectivity index (χ0) is 16.3. The number of hydrogen-bond donors (Lipinski definition) is 2. The standard InChI is InChI=1S/C17H27N3O2/c1-12-5-10-15(18-11-12)19-13-6-8-14(9-7-13)20(16(21)22)17(2,3)4/h5,10-11,13-14H,6-9H2,1-4H3,(H,18,19)(H,21,22). The Balaban J connectivity index is 1.92. The van der Waals surface area contributed by atoms with Gasteiger partial charge in [-0.15, -0.1) is 0 Å². The van der Waals surface area contributed by atoms with Crippen molar-refractivity contribution in [2.75, 3.05) is 5.32 Å². The molecule has 0 aliphatic heterocycles. The molecular weight excluding hydrogens is 278 g/mol. The summed E-state index contributed by atoms with van der Waals surface area (Å²) in [6.45, 7) is 7.90. The molecule has 1 heterocycles. The third-order valence-corrected chi connectivity index (χ3v) is 4.25. The Bertz CT molecular complexity index is 500. The molecule has 0 atom stereocenters. The molecule has 0 radical (unpaired) electrons. The van der Waals surface area contributed by atoms with E-state index < -0.39 is 6.09 Å². The molecule has 0 spiro atoms. The number of aromatic nitrogens is 1. The lowest BCUT2D eigenvalue weighted by molar-refractivity contribution is 0.0556. The van der Waals surface area contributed by atoms with Gasteiger partial charge < -0.3 is 15.3 Å². The summed E-state index contributed by atoms with van der Waals surface area (Å²) in [7, 11) is 0. The quantitative estimate of drug-likeness (QED) is 0.889. The molecule has 0 bridgehead atoms. The third-order valence-electron chi connectivity index (χ3n) is 4.25. The molecule has 122 valence electrons. The third kappa shape index (κ3) is 4.12. The Labute approximate surface area is 132 Å². The van der Waals surface area contributed by atoms with Gasteiger partial charge in [-0.25, -0.2) is 9.78 Å². The topological polar surface area (TPSA) is 65.5 Å². The van der Waals surface area contributed by atoms with Crippen LogP contribution in [0.4, 0.5) is 10.6 Å². The summed E-state index contributed by atoms with van der Waals surface area (Å²) < 4.78 is 0. The number of hydrogen-bond acceptors (Lipinski definition) is 3. The second-order valence-corrected chi connectivity index (χ2v) is 7.19. The van der Waals surface area contributed by atoms with E-state index in [1.165, 1.54) is 0 Å². The average Bonchev–Trinajstić information content (AvgIpc) is 2.41. The Morgan fingerprint density at radius 2 is 1.91 bits per heavy atom. The fourth-order valence-electron chi connectivity index (χ4n) is 3.23. The minimum Gasteiger partial charge on any atom is -0.465 e. The van der Waals surface area contributed by atoms with Gasteiger partial charge in [0.25, 0.3) is 0 Å². The van der Waals surface area contributed by atoms with Crippen molar-refractivity contribution in [1.82, 2.24) is 9.88 Å². The number of carboxylic acid groups (broad SMARTS) is 1. The second-order valence-electron chi connectivity index (χ2n) is 7.19. The summed E-state index contributed by atoms with van der Waals surface area (Å²) in [5.41, 5.74) is 0.798. The van der Waals surface area contributed by atoms with Gasteiger partial charge in [-0.1, -0.05) is 6.07 Å². The van der Waals surface area contributed by atoms with Crippen molar-refractivity contribution in [2.24, 2.45) is 0 Å². The summed E-state index contributed by atoms with van der Waals surface area (Å²) in [6, 6.07) is 4.54. The van der Waals surface area contributed by atoms with Crippen LogP contribution in [0.2, 0.25) is 0 Å². The van der Waals surface area contributed by atoms with Crippen LogP contribution in [0.25, 0.3) is 0 Å². The van der Waals surface area contributed by atoms with E-state index in [1.807, 2.05) is 46.0 Å². The summed E-state index contributed by atoms with van der Waals surface area (Å²) in [4.78, 5) is 17.5. The molecule has 1 amide bonds. The van der Waals surface area contributed by atoms with Crippen LogP contribution in [-0.2, 0) is 0 Å². The lowest BCUT2D eigenvalue weighted by Gasteiger charge is -2.42. The second kappa shape index (κ2) is 6.55. The molecule has 5 heteroatoms. The van der Waals surface area contributed by atoms with Crippen LogP contribution < -0.4 is 5.32 Å². The molecule has 0 aromatic carbocycles. The molecule has 1 fully saturated rings. The first-order chi connectivity index (χ1) is 10.3. The van der Waals surface area contributed by atoms with E-state index >= 15 is 0 Å². The predicted octanol–water partition coefficient (Wildman–Crippen LogP) is 3.89. The number of amides is 1. The fraction of sp³-hybridized carbons (Fsp3) is 0.647. The van der Waals surface area contributed by atoms with E-state index in [4.69, 9.17) is 0 Å². The highest BCUT2D eigenvalue weighted by Gasteiger charge is 2.35. The van der Waals surface area contributed by atoms with Gasteiger partial charge in [-0.3, -0.25) is 0 Å². The van der Waals surface area contributed by atoms with Crippen molar-refractivity contribution in [1.29, 1.82) is 0 Å². The number of carbonyl (C=O) groups is 1. The lowest BCUT2D eigenvalue weighted by Crippen LogP contribution is -2.52. The maximum atomic E-state index is 11.6. The van der Waals surface area contributed by atoms with Gasteiger partial charge >= 0.3 is 6.09 Å².